The van der Waals surface area contributed by atoms with Gasteiger partial charge in [-0.05, 0) is 41.8 Å². The predicted octanol–water partition coefficient (Wildman–Crippen LogP) is 4.04. The first-order valence-electron chi connectivity index (χ1n) is 10.6. The van der Waals surface area contributed by atoms with Gasteiger partial charge in [-0.3, -0.25) is 0 Å². The van der Waals surface area contributed by atoms with Crippen LogP contribution >= 0.6 is 11.6 Å². The number of nitrogens with one attached hydrogen (secondary N) is 1. The van der Waals surface area contributed by atoms with Gasteiger partial charge >= 0.3 is 16.2 Å². The zero-order chi connectivity index (χ0) is 24.2. The van der Waals surface area contributed by atoms with E-state index in [1.807, 2.05) is 30.3 Å². The van der Waals surface area contributed by atoms with E-state index in [1.165, 1.54) is 35.4 Å². The van der Waals surface area contributed by atoms with Crippen molar-refractivity contribution >= 4 is 27.8 Å². The molecule has 0 saturated carbocycles. The number of hydrogen-bond donors (Lipinski definition) is 1. The van der Waals surface area contributed by atoms with E-state index in [0.29, 0.717) is 13.0 Å². The Kier molecular flexibility index (Phi) is 7.16. The van der Waals surface area contributed by atoms with Crippen molar-refractivity contribution in [1.29, 1.82) is 0 Å². The molecule has 1 N–H and O–H groups in total. The fourth-order valence-electron chi connectivity index (χ4n) is 3.99. The summed E-state index contributed by atoms with van der Waals surface area (Å²) in [4.78, 5) is 17.7. The molecule has 0 bridgehead atoms. The number of pyridine rings is 1. The van der Waals surface area contributed by atoms with E-state index in [0.717, 1.165) is 11.1 Å². The van der Waals surface area contributed by atoms with Crippen molar-refractivity contribution in [3.63, 3.8) is 0 Å². The summed E-state index contributed by atoms with van der Waals surface area (Å²) in [6.45, 7) is 0.705. The number of piperidine rings is 1. The Bertz CT molecular complexity index is 1230. The van der Waals surface area contributed by atoms with E-state index in [4.69, 9.17) is 15.8 Å². The fraction of sp³-hybridized carbons (Fsp3) is 0.250. The van der Waals surface area contributed by atoms with Gasteiger partial charge in [0, 0.05) is 25.8 Å². The van der Waals surface area contributed by atoms with Crippen LogP contribution in [0, 0.1) is 5.82 Å². The number of carbonyl (C=O) groups is 1. The predicted molar refractivity (Wildman–Crippen MR) is 125 cm³/mol. The van der Waals surface area contributed by atoms with Gasteiger partial charge in [-0.1, -0.05) is 48.5 Å². The average molecular weight is 504 g/mol. The standard InChI is InChI=1S/C24H23ClFN3O4S/c25-21-17-29(23(30)33-34(31,32)22-8-4-5-14-27-22)15-13-24(21,19-9-11-20(26)12-10-19)28-16-18-6-2-1-3-7-18/h1-12,14,21,28H,13,15-17H2. The first-order chi connectivity index (χ1) is 16.3. The molecular weight excluding hydrogens is 481 g/mol. The number of nitrogens with zero attached hydrogens (tertiary/aromatic N) is 2. The highest BCUT2D eigenvalue weighted by Gasteiger charge is 2.45. The Morgan fingerprint density at radius 2 is 1.82 bits per heavy atom. The first-order valence-corrected chi connectivity index (χ1v) is 12.5. The van der Waals surface area contributed by atoms with Crippen molar-refractivity contribution in [1.82, 2.24) is 15.2 Å². The van der Waals surface area contributed by atoms with E-state index in [1.54, 1.807) is 18.2 Å². The lowest BCUT2D eigenvalue weighted by molar-refractivity contribution is 0.114. The molecule has 34 heavy (non-hydrogen) atoms. The van der Waals surface area contributed by atoms with E-state index in [2.05, 4.69) is 10.3 Å². The Morgan fingerprint density at radius 1 is 1.12 bits per heavy atom. The minimum atomic E-state index is -4.36. The Hall–Kier alpha value is -3.01. The summed E-state index contributed by atoms with van der Waals surface area (Å²) in [7, 11) is -4.36. The molecule has 7 nitrogen and oxygen atoms in total. The number of alkyl halides is 1. The summed E-state index contributed by atoms with van der Waals surface area (Å²) in [6, 6.07) is 20.1. The average Bonchev–Trinajstić information content (AvgIpc) is 2.85. The Balaban J connectivity index is 1.53. The quantitative estimate of drug-likeness (QED) is 0.403. The van der Waals surface area contributed by atoms with Crippen LogP contribution in [0.15, 0.2) is 84.0 Å². The molecule has 2 unspecified atom stereocenters. The second-order valence-corrected chi connectivity index (χ2v) is 9.97. The van der Waals surface area contributed by atoms with Crippen molar-refractivity contribution in [2.75, 3.05) is 13.1 Å². The zero-order valence-electron chi connectivity index (χ0n) is 18.1. The zero-order valence-corrected chi connectivity index (χ0v) is 19.7. The van der Waals surface area contributed by atoms with Gasteiger partial charge in [-0.25, -0.2) is 14.2 Å². The molecular formula is C24H23ClFN3O4S. The molecule has 2 aromatic carbocycles. The SMILES string of the molecule is O=C(OS(=O)(=O)c1ccccn1)N1CCC(NCc2ccccc2)(c2ccc(F)cc2)C(Cl)C1. The van der Waals surface area contributed by atoms with Crippen LogP contribution in [-0.2, 0) is 26.4 Å². The molecule has 1 aromatic heterocycles. The number of benzene rings is 2. The van der Waals surface area contributed by atoms with Gasteiger partial charge in [0.05, 0.1) is 10.9 Å². The summed E-state index contributed by atoms with van der Waals surface area (Å²) in [5.74, 6) is -0.367. The number of halogens is 2. The summed E-state index contributed by atoms with van der Waals surface area (Å²) in [5.41, 5.74) is 1.04. The van der Waals surface area contributed by atoms with Gasteiger partial charge in [0.15, 0.2) is 5.03 Å². The van der Waals surface area contributed by atoms with Crippen LogP contribution in [0.2, 0.25) is 0 Å². The van der Waals surface area contributed by atoms with E-state index >= 15 is 0 Å². The minimum Gasteiger partial charge on any atom is -0.323 e. The molecule has 1 aliphatic heterocycles. The van der Waals surface area contributed by atoms with Crippen molar-refractivity contribution < 1.29 is 21.8 Å². The molecule has 0 radical (unpaired) electrons. The molecule has 1 fully saturated rings. The summed E-state index contributed by atoms with van der Waals surface area (Å²) >= 11 is 6.84. The van der Waals surface area contributed by atoms with Gasteiger partial charge in [-0.2, -0.15) is 8.42 Å². The largest absolute Gasteiger partial charge is 0.425 e. The first kappa shape index (κ1) is 24.1. The molecule has 1 saturated heterocycles. The molecule has 4 rings (SSSR count). The molecule has 10 heteroatoms. The van der Waals surface area contributed by atoms with Crippen molar-refractivity contribution in [2.24, 2.45) is 0 Å². The number of hydrogen-bond acceptors (Lipinski definition) is 6. The maximum absolute atomic E-state index is 13.6. The van der Waals surface area contributed by atoms with Crippen LogP contribution in [-0.4, -0.2) is 42.9 Å². The van der Waals surface area contributed by atoms with Crippen molar-refractivity contribution in [3.8, 4) is 0 Å². The second-order valence-electron chi connectivity index (χ2n) is 7.95. The minimum absolute atomic E-state index is 0.0251. The summed E-state index contributed by atoms with van der Waals surface area (Å²) in [5, 5.41) is 2.50. The van der Waals surface area contributed by atoms with Crippen LogP contribution in [0.4, 0.5) is 9.18 Å². The third kappa shape index (κ3) is 5.22. The van der Waals surface area contributed by atoms with Crippen LogP contribution in [0.25, 0.3) is 0 Å². The van der Waals surface area contributed by atoms with E-state index < -0.39 is 27.1 Å². The molecule has 2 atom stereocenters. The summed E-state index contributed by atoms with van der Waals surface area (Å²) in [6.07, 6.45) is 0.636. The van der Waals surface area contributed by atoms with Gasteiger partial charge in [0.1, 0.15) is 5.82 Å². The Labute approximate surface area is 202 Å². The maximum atomic E-state index is 13.6. The van der Waals surface area contributed by atoms with Gasteiger partial charge in [-0.15, -0.1) is 11.6 Å². The van der Waals surface area contributed by atoms with Crippen molar-refractivity contribution in [3.05, 3.63) is 95.9 Å². The van der Waals surface area contributed by atoms with Gasteiger partial charge < -0.3 is 14.4 Å². The smallest absolute Gasteiger partial charge is 0.323 e. The molecule has 1 aliphatic rings. The monoisotopic (exact) mass is 503 g/mol. The highest BCUT2D eigenvalue weighted by atomic mass is 35.5. The number of carbonyl (C=O) groups excluding carboxylic acids is 1. The lowest BCUT2D eigenvalue weighted by Crippen LogP contribution is -2.59. The lowest BCUT2D eigenvalue weighted by Gasteiger charge is -2.46. The third-order valence-corrected chi connectivity index (χ3v) is 7.46. The normalized spacial score (nSPS) is 20.6. The third-order valence-electron chi connectivity index (χ3n) is 5.83. The van der Waals surface area contributed by atoms with Crippen LogP contribution in [0.1, 0.15) is 17.5 Å². The molecule has 178 valence electrons. The van der Waals surface area contributed by atoms with Crippen molar-refractivity contribution in [2.45, 2.75) is 28.9 Å². The van der Waals surface area contributed by atoms with E-state index in [9.17, 15) is 17.6 Å². The summed E-state index contributed by atoms with van der Waals surface area (Å²) < 4.78 is 43.2. The molecule has 1 amide bonds. The highest BCUT2D eigenvalue weighted by molar-refractivity contribution is 7.87. The van der Waals surface area contributed by atoms with Gasteiger partial charge in [0.25, 0.3) is 0 Å². The topological polar surface area (TPSA) is 88.6 Å². The number of aromatic nitrogens is 1. The lowest BCUT2D eigenvalue weighted by atomic mass is 9.80. The Morgan fingerprint density at radius 3 is 2.47 bits per heavy atom. The second kappa shape index (κ2) is 10.1. The van der Waals surface area contributed by atoms with E-state index in [-0.39, 0.29) is 23.9 Å². The van der Waals surface area contributed by atoms with Crippen LogP contribution < -0.4 is 5.32 Å². The van der Waals surface area contributed by atoms with Crippen LogP contribution in [0.5, 0.6) is 0 Å². The highest BCUT2D eigenvalue weighted by Crippen LogP contribution is 2.37. The number of rotatable bonds is 6. The van der Waals surface area contributed by atoms with Crippen LogP contribution in [0.3, 0.4) is 0 Å². The number of amides is 1. The maximum Gasteiger partial charge on any atom is 0.425 e. The molecule has 0 spiro atoms. The molecule has 0 aliphatic carbocycles. The molecule has 2 heterocycles. The fourth-order valence-corrected chi connectivity index (χ4v) is 5.28. The molecule has 3 aromatic rings. The number of likely N-dealkylation sites (tertiary alicyclic amines) is 1. The van der Waals surface area contributed by atoms with Gasteiger partial charge in [0.2, 0.25) is 0 Å².